The van der Waals surface area contributed by atoms with Gasteiger partial charge in [-0.2, -0.15) is 0 Å². The lowest BCUT2D eigenvalue weighted by Crippen LogP contribution is -2.53. The van der Waals surface area contributed by atoms with Crippen LogP contribution in [0.3, 0.4) is 0 Å². The summed E-state index contributed by atoms with van der Waals surface area (Å²) < 4.78 is 0. The topological polar surface area (TPSA) is 75.4 Å². The van der Waals surface area contributed by atoms with Gasteiger partial charge in [-0.1, -0.05) is 0 Å². The number of amides is 2. The van der Waals surface area contributed by atoms with Crippen molar-refractivity contribution in [2.75, 3.05) is 13.1 Å². The van der Waals surface area contributed by atoms with E-state index in [4.69, 9.17) is 12.2 Å². The quantitative estimate of drug-likeness (QED) is 0.648. The van der Waals surface area contributed by atoms with E-state index >= 15 is 0 Å². The number of hydrogen-bond donors (Lipinski definition) is 2. The molecule has 0 aromatic rings. The van der Waals surface area contributed by atoms with Crippen molar-refractivity contribution < 1.29 is 9.59 Å². The van der Waals surface area contributed by atoms with Gasteiger partial charge in [0, 0.05) is 32.5 Å². The molecule has 2 amide bonds. The molecule has 0 aromatic carbocycles. The lowest BCUT2D eigenvalue weighted by Gasteiger charge is -2.34. The van der Waals surface area contributed by atoms with E-state index in [2.05, 4.69) is 11.2 Å². The van der Waals surface area contributed by atoms with Crippen LogP contribution in [0.5, 0.6) is 0 Å². The van der Waals surface area contributed by atoms with Crippen LogP contribution < -0.4 is 11.1 Å². The van der Waals surface area contributed by atoms with Crippen LogP contribution in [0.1, 0.15) is 26.2 Å². The van der Waals surface area contributed by atoms with Crippen LogP contribution in [0.15, 0.2) is 0 Å². The van der Waals surface area contributed by atoms with Gasteiger partial charge < -0.3 is 16.0 Å². The molecule has 2 unspecified atom stereocenters. The summed E-state index contributed by atoms with van der Waals surface area (Å²) in [6.45, 7) is 2.69. The fourth-order valence-corrected chi connectivity index (χ4v) is 2.03. The minimum Gasteiger partial charge on any atom is -0.352 e. The number of carbonyl (C=O) groups excluding carboxylic acids is 2. The molecular formula is C12H19N3O2. The van der Waals surface area contributed by atoms with Gasteiger partial charge in [-0.15, -0.1) is 12.3 Å². The third-order valence-electron chi connectivity index (χ3n) is 2.80. The molecule has 0 aliphatic carbocycles. The Kier molecular flexibility index (Phi) is 4.98. The van der Waals surface area contributed by atoms with Crippen LogP contribution in [-0.2, 0) is 9.59 Å². The molecule has 0 radical (unpaired) electrons. The minimum absolute atomic E-state index is 0.0308. The normalized spacial score (nSPS) is 21.5. The van der Waals surface area contributed by atoms with Crippen molar-refractivity contribution in [2.24, 2.45) is 5.73 Å². The summed E-state index contributed by atoms with van der Waals surface area (Å²) >= 11 is 0. The van der Waals surface area contributed by atoms with Gasteiger partial charge >= 0.3 is 0 Å². The zero-order valence-electron chi connectivity index (χ0n) is 10.1. The number of hydrogen-bond acceptors (Lipinski definition) is 3. The van der Waals surface area contributed by atoms with Gasteiger partial charge in [0.2, 0.25) is 11.8 Å². The van der Waals surface area contributed by atoms with Crippen molar-refractivity contribution in [1.29, 1.82) is 0 Å². The molecule has 3 N–H and O–H groups in total. The highest BCUT2D eigenvalue weighted by Crippen LogP contribution is 2.11. The number of carbonyl (C=O) groups is 2. The summed E-state index contributed by atoms with van der Waals surface area (Å²) in [6, 6.07) is -0.598. The molecule has 0 aromatic heterocycles. The van der Waals surface area contributed by atoms with E-state index in [0.29, 0.717) is 13.1 Å². The smallest absolute Gasteiger partial charge is 0.240 e. The monoisotopic (exact) mass is 237 g/mol. The van der Waals surface area contributed by atoms with Gasteiger partial charge in [0.1, 0.15) is 0 Å². The second-order valence-electron chi connectivity index (χ2n) is 4.34. The first-order valence-corrected chi connectivity index (χ1v) is 5.79. The highest BCUT2D eigenvalue weighted by Gasteiger charge is 2.26. The molecule has 0 spiro atoms. The number of nitrogens with zero attached hydrogens (tertiary/aromatic N) is 1. The van der Waals surface area contributed by atoms with Crippen molar-refractivity contribution in [3.05, 3.63) is 0 Å². The third kappa shape index (κ3) is 4.08. The van der Waals surface area contributed by atoms with Crippen LogP contribution in [0.25, 0.3) is 0 Å². The first-order chi connectivity index (χ1) is 8.04. The standard InChI is InChI=1S/C12H19N3O2/c1-3-5-11(13)12(17)15-7-4-6-10(8-15)14-9(2)16/h1,10-11H,4-8,13H2,2H3,(H,14,16). The predicted octanol–water partition coefficient (Wildman–Crippen LogP) is -0.536. The summed E-state index contributed by atoms with van der Waals surface area (Å²) in [7, 11) is 0. The lowest BCUT2D eigenvalue weighted by atomic mass is 10.0. The van der Waals surface area contributed by atoms with Gasteiger partial charge in [0.15, 0.2) is 0 Å². The average Bonchev–Trinajstić information content (AvgIpc) is 2.28. The summed E-state index contributed by atoms with van der Waals surface area (Å²) in [5.74, 6) is 2.19. The lowest BCUT2D eigenvalue weighted by molar-refractivity contribution is -0.134. The van der Waals surface area contributed by atoms with Crippen molar-refractivity contribution in [2.45, 2.75) is 38.3 Å². The summed E-state index contributed by atoms with van der Waals surface area (Å²) in [4.78, 5) is 24.6. The Balaban J connectivity index is 2.51. The number of rotatable bonds is 3. The number of terminal acetylenes is 1. The highest BCUT2D eigenvalue weighted by molar-refractivity contribution is 5.82. The van der Waals surface area contributed by atoms with Crippen molar-refractivity contribution >= 4 is 11.8 Å². The average molecular weight is 237 g/mol. The molecular weight excluding hydrogens is 218 g/mol. The van der Waals surface area contributed by atoms with Crippen LogP contribution in [0.4, 0.5) is 0 Å². The van der Waals surface area contributed by atoms with Crippen LogP contribution in [-0.4, -0.2) is 41.9 Å². The highest BCUT2D eigenvalue weighted by atomic mass is 16.2. The molecule has 0 bridgehead atoms. The zero-order valence-corrected chi connectivity index (χ0v) is 10.1. The largest absolute Gasteiger partial charge is 0.352 e. The maximum absolute atomic E-state index is 11.9. The molecule has 94 valence electrons. The summed E-state index contributed by atoms with van der Waals surface area (Å²) in [5, 5.41) is 2.82. The second-order valence-corrected chi connectivity index (χ2v) is 4.34. The van der Waals surface area contributed by atoms with E-state index < -0.39 is 6.04 Å². The van der Waals surface area contributed by atoms with E-state index in [-0.39, 0.29) is 24.3 Å². The van der Waals surface area contributed by atoms with E-state index in [0.717, 1.165) is 12.8 Å². The molecule has 17 heavy (non-hydrogen) atoms. The van der Waals surface area contributed by atoms with Crippen molar-refractivity contribution in [1.82, 2.24) is 10.2 Å². The van der Waals surface area contributed by atoms with Gasteiger partial charge in [-0.3, -0.25) is 9.59 Å². The van der Waals surface area contributed by atoms with Crippen LogP contribution in [0.2, 0.25) is 0 Å². The summed E-state index contributed by atoms with van der Waals surface area (Å²) in [5.41, 5.74) is 5.68. The van der Waals surface area contributed by atoms with Crippen molar-refractivity contribution in [3.8, 4) is 12.3 Å². The van der Waals surface area contributed by atoms with E-state index in [1.54, 1.807) is 4.90 Å². The van der Waals surface area contributed by atoms with E-state index in [1.807, 2.05) is 0 Å². The Hall–Kier alpha value is -1.54. The fraction of sp³-hybridized carbons (Fsp3) is 0.667. The Morgan fingerprint density at radius 3 is 2.94 bits per heavy atom. The van der Waals surface area contributed by atoms with Crippen LogP contribution >= 0.6 is 0 Å². The van der Waals surface area contributed by atoms with Gasteiger partial charge in [-0.05, 0) is 12.8 Å². The number of nitrogens with one attached hydrogen (secondary N) is 1. The van der Waals surface area contributed by atoms with Crippen molar-refractivity contribution in [3.63, 3.8) is 0 Å². The van der Waals surface area contributed by atoms with E-state index in [1.165, 1.54) is 6.92 Å². The molecule has 5 heteroatoms. The molecule has 1 aliphatic rings. The van der Waals surface area contributed by atoms with Crippen LogP contribution in [0, 0.1) is 12.3 Å². The molecule has 1 heterocycles. The number of likely N-dealkylation sites (tertiary alicyclic amines) is 1. The maximum Gasteiger partial charge on any atom is 0.240 e. The van der Waals surface area contributed by atoms with Gasteiger partial charge in [-0.25, -0.2) is 0 Å². The molecule has 1 saturated heterocycles. The number of piperidine rings is 1. The molecule has 1 aliphatic heterocycles. The SMILES string of the molecule is C#CCC(N)C(=O)N1CCCC(NC(C)=O)C1. The van der Waals surface area contributed by atoms with E-state index in [9.17, 15) is 9.59 Å². The third-order valence-corrected chi connectivity index (χ3v) is 2.80. The molecule has 0 saturated carbocycles. The Labute approximate surface area is 102 Å². The Morgan fingerprint density at radius 1 is 1.65 bits per heavy atom. The molecule has 1 rings (SSSR count). The van der Waals surface area contributed by atoms with Gasteiger partial charge in [0.25, 0.3) is 0 Å². The van der Waals surface area contributed by atoms with Gasteiger partial charge in [0.05, 0.1) is 6.04 Å². The zero-order chi connectivity index (χ0) is 12.8. The predicted molar refractivity (Wildman–Crippen MR) is 64.8 cm³/mol. The number of nitrogens with two attached hydrogens (primary N) is 1. The molecule has 1 fully saturated rings. The summed E-state index contributed by atoms with van der Waals surface area (Å²) in [6.07, 6.45) is 7.15. The maximum atomic E-state index is 11.9. The Bertz CT molecular complexity index is 335. The minimum atomic E-state index is -0.629. The second kappa shape index (κ2) is 6.26. The first kappa shape index (κ1) is 13.5. The fourth-order valence-electron chi connectivity index (χ4n) is 2.03. The Morgan fingerprint density at radius 2 is 2.35 bits per heavy atom. The molecule has 5 nitrogen and oxygen atoms in total. The molecule has 2 atom stereocenters. The first-order valence-electron chi connectivity index (χ1n) is 5.79.